The van der Waals surface area contributed by atoms with Gasteiger partial charge in [-0.1, -0.05) is 0 Å². The summed E-state index contributed by atoms with van der Waals surface area (Å²) in [7, 11) is 0. The Balaban J connectivity index is 2.06. The first-order valence-electron chi connectivity index (χ1n) is 4.93. The van der Waals surface area contributed by atoms with E-state index >= 15 is 0 Å². The van der Waals surface area contributed by atoms with Crippen LogP contribution in [0.5, 0.6) is 0 Å². The van der Waals surface area contributed by atoms with Gasteiger partial charge in [0.15, 0.2) is 0 Å². The molecule has 0 unspecified atom stereocenters. The van der Waals surface area contributed by atoms with Gasteiger partial charge in [0, 0.05) is 16.7 Å². The monoisotopic (exact) mass is 269 g/mol. The molecule has 80 valence electrons. The van der Waals surface area contributed by atoms with Crippen LogP contribution in [0.2, 0.25) is 0 Å². The predicted octanol–water partition coefficient (Wildman–Crippen LogP) is 2.97. The molecule has 1 fully saturated rings. The van der Waals surface area contributed by atoms with E-state index in [1.54, 1.807) is 12.1 Å². The number of carboxylic acids is 1. The van der Waals surface area contributed by atoms with E-state index in [0.29, 0.717) is 10.0 Å². The molecule has 2 N–H and O–H groups in total. The second kappa shape index (κ2) is 4.23. The minimum Gasteiger partial charge on any atom is -0.478 e. The zero-order chi connectivity index (χ0) is 10.8. The van der Waals surface area contributed by atoms with Crippen LogP contribution < -0.4 is 5.32 Å². The van der Waals surface area contributed by atoms with Gasteiger partial charge in [0.25, 0.3) is 0 Å². The van der Waals surface area contributed by atoms with Crippen LogP contribution in [0.4, 0.5) is 5.69 Å². The van der Waals surface area contributed by atoms with Crippen LogP contribution in [-0.2, 0) is 0 Å². The van der Waals surface area contributed by atoms with Gasteiger partial charge in [-0.3, -0.25) is 0 Å². The fourth-order valence-electron chi connectivity index (χ4n) is 1.38. The zero-order valence-corrected chi connectivity index (χ0v) is 9.75. The maximum Gasteiger partial charge on any atom is 0.336 e. The Bertz CT molecular complexity index is 388. The maximum atomic E-state index is 10.8. The van der Waals surface area contributed by atoms with Crippen molar-refractivity contribution in [3.63, 3.8) is 0 Å². The quantitative estimate of drug-likeness (QED) is 0.884. The Labute approximate surface area is 96.6 Å². The van der Waals surface area contributed by atoms with Crippen LogP contribution in [0.3, 0.4) is 0 Å². The molecule has 0 atom stereocenters. The molecule has 3 nitrogen and oxygen atoms in total. The molecule has 1 aliphatic carbocycles. The van der Waals surface area contributed by atoms with E-state index in [1.165, 1.54) is 12.8 Å². The number of hydrogen-bond acceptors (Lipinski definition) is 2. The SMILES string of the molecule is O=C(O)c1ccc(NCC2CC2)cc1Br. The number of carboxylic acid groups (broad SMARTS) is 1. The Morgan fingerprint density at radius 3 is 2.80 bits per heavy atom. The van der Waals surface area contributed by atoms with Crippen molar-refractivity contribution in [1.29, 1.82) is 0 Å². The molecule has 0 bridgehead atoms. The van der Waals surface area contributed by atoms with E-state index in [1.807, 2.05) is 6.07 Å². The van der Waals surface area contributed by atoms with Crippen molar-refractivity contribution < 1.29 is 9.90 Å². The zero-order valence-electron chi connectivity index (χ0n) is 8.16. The van der Waals surface area contributed by atoms with Gasteiger partial charge in [0.1, 0.15) is 0 Å². The molecule has 1 saturated carbocycles. The lowest BCUT2D eigenvalue weighted by Gasteiger charge is -2.07. The lowest BCUT2D eigenvalue weighted by atomic mass is 10.2. The molecule has 1 aromatic rings. The Morgan fingerprint density at radius 1 is 1.53 bits per heavy atom. The van der Waals surface area contributed by atoms with Crippen LogP contribution in [0.25, 0.3) is 0 Å². The van der Waals surface area contributed by atoms with Crippen molar-refractivity contribution >= 4 is 27.6 Å². The first-order chi connectivity index (χ1) is 7.16. The van der Waals surface area contributed by atoms with Gasteiger partial charge in [0.05, 0.1) is 5.56 Å². The molecule has 1 aliphatic rings. The molecule has 0 radical (unpaired) electrons. The third-order valence-electron chi connectivity index (χ3n) is 2.49. The number of aromatic carboxylic acids is 1. The first-order valence-corrected chi connectivity index (χ1v) is 5.73. The van der Waals surface area contributed by atoms with E-state index in [9.17, 15) is 4.79 Å². The summed E-state index contributed by atoms with van der Waals surface area (Å²) in [5.74, 6) is -0.0986. The molecule has 15 heavy (non-hydrogen) atoms. The highest BCUT2D eigenvalue weighted by Gasteiger charge is 2.20. The smallest absolute Gasteiger partial charge is 0.336 e. The average molecular weight is 270 g/mol. The molecule has 0 aliphatic heterocycles. The summed E-state index contributed by atoms with van der Waals surface area (Å²) in [6.07, 6.45) is 2.61. The molecule has 4 heteroatoms. The summed E-state index contributed by atoms with van der Waals surface area (Å²) < 4.78 is 0.621. The topological polar surface area (TPSA) is 49.3 Å². The third kappa shape index (κ3) is 2.72. The fraction of sp³-hybridized carbons (Fsp3) is 0.364. The van der Waals surface area contributed by atoms with E-state index in [4.69, 9.17) is 5.11 Å². The maximum absolute atomic E-state index is 10.8. The number of nitrogens with one attached hydrogen (secondary N) is 1. The van der Waals surface area contributed by atoms with Crippen LogP contribution in [0.15, 0.2) is 22.7 Å². The molecule has 1 aromatic carbocycles. The molecular formula is C11H12BrNO2. The number of halogens is 1. The summed E-state index contributed by atoms with van der Waals surface area (Å²) in [6, 6.07) is 5.23. The Kier molecular flexibility index (Phi) is 2.95. The van der Waals surface area contributed by atoms with Crippen LogP contribution >= 0.6 is 15.9 Å². The largest absolute Gasteiger partial charge is 0.478 e. The molecular weight excluding hydrogens is 258 g/mol. The second-order valence-corrected chi connectivity index (χ2v) is 4.68. The molecule has 2 rings (SSSR count). The standard InChI is InChI=1S/C11H12BrNO2/c12-10-5-8(13-6-7-1-2-7)3-4-9(10)11(14)15/h3-5,7,13H,1-2,6H2,(H,14,15). The van der Waals surface area contributed by atoms with Crippen molar-refractivity contribution in [2.45, 2.75) is 12.8 Å². The summed E-state index contributed by atoms with van der Waals surface area (Å²) in [5.41, 5.74) is 1.27. The van der Waals surface area contributed by atoms with Crippen LogP contribution in [-0.4, -0.2) is 17.6 Å². The minimum absolute atomic E-state index is 0.298. The van der Waals surface area contributed by atoms with Gasteiger partial charge >= 0.3 is 5.97 Å². The molecule has 0 spiro atoms. The van der Waals surface area contributed by atoms with Gasteiger partial charge in [-0.05, 0) is 52.9 Å². The number of anilines is 1. The Hall–Kier alpha value is -1.03. The lowest BCUT2D eigenvalue weighted by molar-refractivity contribution is 0.0696. The molecule has 0 aromatic heterocycles. The van der Waals surface area contributed by atoms with E-state index in [0.717, 1.165) is 18.2 Å². The molecule has 0 amide bonds. The van der Waals surface area contributed by atoms with Crippen molar-refractivity contribution in [3.8, 4) is 0 Å². The number of carbonyl (C=O) groups is 1. The fourth-order valence-corrected chi connectivity index (χ4v) is 1.93. The number of hydrogen-bond donors (Lipinski definition) is 2. The number of benzene rings is 1. The first kappa shape index (κ1) is 10.5. The molecule has 0 saturated heterocycles. The van der Waals surface area contributed by atoms with Gasteiger partial charge in [0.2, 0.25) is 0 Å². The molecule has 0 heterocycles. The third-order valence-corrected chi connectivity index (χ3v) is 3.15. The Morgan fingerprint density at radius 2 is 2.27 bits per heavy atom. The van der Waals surface area contributed by atoms with Crippen LogP contribution in [0, 0.1) is 5.92 Å². The van der Waals surface area contributed by atoms with Crippen molar-refractivity contribution in [2.24, 2.45) is 5.92 Å². The van der Waals surface area contributed by atoms with Crippen molar-refractivity contribution in [1.82, 2.24) is 0 Å². The summed E-state index contributed by atoms with van der Waals surface area (Å²) in [6.45, 7) is 0.985. The van der Waals surface area contributed by atoms with E-state index in [-0.39, 0.29) is 0 Å². The summed E-state index contributed by atoms with van der Waals surface area (Å²) in [4.78, 5) is 10.8. The highest BCUT2D eigenvalue weighted by Crippen LogP contribution is 2.29. The predicted molar refractivity (Wildman–Crippen MR) is 62.3 cm³/mol. The van der Waals surface area contributed by atoms with Gasteiger partial charge in [-0.2, -0.15) is 0 Å². The van der Waals surface area contributed by atoms with Gasteiger partial charge in [-0.25, -0.2) is 4.79 Å². The van der Waals surface area contributed by atoms with Crippen molar-refractivity contribution in [2.75, 3.05) is 11.9 Å². The average Bonchev–Trinajstić information content (AvgIpc) is 2.97. The number of rotatable bonds is 4. The van der Waals surface area contributed by atoms with Crippen molar-refractivity contribution in [3.05, 3.63) is 28.2 Å². The summed E-state index contributed by atoms with van der Waals surface area (Å²) in [5, 5.41) is 12.1. The normalized spacial score (nSPS) is 15.0. The highest BCUT2D eigenvalue weighted by molar-refractivity contribution is 9.10. The highest BCUT2D eigenvalue weighted by atomic mass is 79.9. The van der Waals surface area contributed by atoms with Gasteiger partial charge < -0.3 is 10.4 Å². The van der Waals surface area contributed by atoms with E-state index in [2.05, 4.69) is 21.2 Å². The van der Waals surface area contributed by atoms with E-state index < -0.39 is 5.97 Å². The minimum atomic E-state index is -0.907. The van der Waals surface area contributed by atoms with Gasteiger partial charge in [-0.15, -0.1) is 0 Å². The lowest BCUT2D eigenvalue weighted by Crippen LogP contribution is -2.04. The summed E-state index contributed by atoms with van der Waals surface area (Å²) >= 11 is 3.25. The van der Waals surface area contributed by atoms with Crippen LogP contribution in [0.1, 0.15) is 23.2 Å². The second-order valence-electron chi connectivity index (χ2n) is 3.82.